The Morgan fingerprint density at radius 1 is 1.37 bits per heavy atom. The standard InChI is InChI=1S/C14H18N2O3/c1-2-6-15-14(19)16-7-5-10-3-4-11(13(17)18)8-12(10)9-16/h3-4,8H,2,5-7,9H2,1H3,(H,15,19)(H,17,18). The highest BCUT2D eigenvalue weighted by atomic mass is 16.4. The van der Waals surface area contributed by atoms with Gasteiger partial charge in [0.25, 0.3) is 0 Å². The van der Waals surface area contributed by atoms with E-state index in [2.05, 4.69) is 5.32 Å². The minimum absolute atomic E-state index is 0.0757. The number of urea groups is 1. The summed E-state index contributed by atoms with van der Waals surface area (Å²) in [5.74, 6) is -0.935. The van der Waals surface area contributed by atoms with Crippen molar-refractivity contribution in [1.82, 2.24) is 10.2 Å². The second-order valence-corrected chi connectivity index (χ2v) is 4.69. The molecule has 0 unspecified atom stereocenters. The number of carbonyl (C=O) groups excluding carboxylic acids is 1. The minimum atomic E-state index is -0.935. The molecule has 5 nitrogen and oxygen atoms in total. The SMILES string of the molecule is CCCNC(=O)N1CCc2ccc(C(=O)O)cc2C1. The quantitative estimate of drug-likeness (QED) is 0.873. The molecule has 0 radical (unpaired) electrons. The van der Waals surface area contributed by atoms with E-state index in [4.69, 9.17) is 5.11 Å². The van der Waals surface area contributed by atoms with Crippen molar-refractivity contribution < 1.29 is 14.7 Å². The van der Waals surface area contributed by atoms with Gasteiger partial charge in [-0.2, -0.15) is 0 Å². The first kappa shape index (κ1) is 13.4. The first-order valence-corrected chi connectivity index (χ1v) is 6.49. The van der Waals surface area contributed by atoms with E-state index in [0.717, 1.165) is 24.0 Å². The summed E-state index contributed by atoms with van der Waals surface area (Å²) in [7, 11) is 0. The number of carbonyl (C=O) groups is 2. The predicted octanol–water partition coefficient (Wildman–Crippen LogP) is 1.86. The van der Waals surface area contributed by atoms with Crippen LogP contribution in [0.1, 0.15) is 34.8 Å². The molecule has 2 rings (SSSR count). The van der Waals surface area contributed by atoms with Crippen LogP contribution in [0.4, 0.5) is 4.79 Å². The Balaban J connectivity index is 2.11. The number of hydrogen-bond donors (Lipinski definition) is 2. The molecule has 0 fully saturated rings. The lowest BCUT2D eigenvalue weighted by Gasteiger charge is -2.29. The summed E-state index contributed by atoms with van der Waals surface area (Å²) in [6.07, 6.45) is 1.67. The zero-order chi connectivity index (χ0) is 13.8. The van der Waals surface area contributed by atoms with Crippen LogP contribution in [0, 0.1) is 0 Å². The number of hydrogen-bond acceptors (Lipinski definition) is 2. The third-order valence-corrected chi connectivity index (χ3v) is 3.28. The van der Waals surface area contributed by atoms with Crippen LogP contribution in [0.2, 0.25) is 0 Å². The molecule has 1 aliphatic rings. The van der Waals surface area contributed by atoms with E-state index in [9.17, 15) is 9.59 Å². The van der Waals surface area contributed by atoms with Crippen LogP contribution < -0.4 is 5.32 Å². The average Bonchev–Trinajstić information content (AvgIpc) is 2.43. The molecule has 0 atom stereocenters. The minimum Gasteiger partial charge on any atom is -0.478 e. The first-order valence-electron chi connectivity index (χ1n) is 6.49. The molecule has 1 aromatic carbocycles. The monoisotopic (exact) mass is 262 g/mol. The van der Waals surface area contributed by atoms with Crippen molar-refractivity contribution in [2.75, 3.05) is 13.1 Å². The van der Waals surface area contributed by atoms with Crippen LogP contribution in [-0.4, -0.2) is 35.1 Å². The number of carboxylic acid groups (broad SMARTS) is 1. The molecule has 0 saturated carbocycles. The number of carboxylic acids is 1. The zero-order valence-electron chi connectivity index (χ0n) is 11.0. The summed E-state index contributed by atoms with van der Waals surface area (Å²) in [4.78, 5) is 24.6. The highest BCUT2D eigenvalue weighted by molar-refractivity contribution is 5.88. The van der Waals surface area contributed by atoms with E-state index in [1.165, 1.54) is 0 Å². The normalized spacial score (nSPS) is 13.8. The number of nitrogens with one attached hydrogen (secondary N) is 1. The molecule has 0 aromatic heterocycles. The van der Waals surface area contributed by atoms with Crippen LogP contribution in [0.5, 0.6) is 0 Å². The van der Waals surface area contributed by atoms with Crippen LogP contribution in [-0.2, 0) is 13.0 Å². The van der Waals surface area contributed by atoms with Crippen LogP contribution in [0.15, 0.2) is 18.2 Å². The van der Waals surface area contributed by atoms with E-state index in [0.29, 0.717) is 19.6 Å². The van der Waals surface area contributed by atoms with Crippen molar-refractivity contribution in [3.63, 3.8) is 0 Å². The highest BCUT2D eigenvalue weighted by Crippen LogP contribution is 2.20. The third-order valence-electron chi connectivity index (χ3n) is 3.28. The van der Waals surface area contributed by atoms with Gasteiger partial charge in [-0.1, -0.05) is 13.0 Å². The summed E-state index contributed by atoms with van der Waals surface area (Å²) >= 11 is 0. The van der Waals surface area contributed by atoms with Gasteiger partial charge in [0.15, 0.2) is 0 Å². The average molecular weight is 262 g/mol. The smallest absolute Gasteiger partial charge is 0.335 e. The number of rotatable bonds is 3. The Morgan fingerprint density at radius 3 is 2.84 bits per heavy atom. The van der Waals surface area contributed by atoms with Crippen LogP contribution >= 0.6 is 0 Å². The van der Waals surface area contributed by atoms with Gasteiger partial charge in [0.1, 0.15) is 0 Å². The fraction of sp³-hybridized carbons (Fsp3) is 0.429. The molecule has 19 heavy (non-hydrogen) atoms. The summed E-state index contributed by atoms with van der Waals surface area (Å²) in [5, 5.41) is 11.8. The molecule has 1 aliphatic heterocycles. The van der Waals surface area contributed by atoms with Crippen LogP contribution in [0.3, 0.4) is 0 Å². The molecular formula is C14H18N2O3. The molecule has 2 amide bonds. The maximum Gasteiger partial charge on any atom is 0.335 e. The topological polar surface area (TPSA) is 69.6 Å². The lowest BCUT2D eigenvalue weighted by atomic mass is 9.97. The largest absolute Gasteiger partial charge is 0.478 e. The highest BCUT2D eigenvalue weighted by Gasteiger charge is 2.21. The maximum atomic E-state index is 11.9. The van der Waals surface area contributed by atoms with Gasteiger partial charge in [-0.05, 0) is 36.1 Å². The number of amides is 2. The number of nitrogens with zero attached hydrogens (tertiary/aromatic N) is 1. The summed E-state index contributed by atoms with van der Waals surface area (Å²) < 4.78 is 0. The van der Waals surface area contributed by atoms with Gasteiger partial charge in [-0.15, -0.1) is 0 Å². The van der Waals surface area contributed by atoms with E-state index in [1.54, 1.807) is 17.0 Å². The molecule has 0 aliphatic carbocycles. The van der Waals surface area contributed by atoms with E-state index < -0.39 is 5.97 Å². The second-order valence-electron chi connectivity index (χ2n) is 4.69. The Bertz CT molecular complexity index is 499. The van der Waals surface area contributed by atoms with E-state index in [1.807, 2.05) is 13.0 Å². The molecule has 1 aromatic rings. The molecule has 102 valence electrons. The molecule has 5 heteroatoms. The Hall–Kier alpha value is -2.04. The lowest BCUT2D eigenvalue weighted by Crippen LogP contribution is -2.43. The molecule has 2 N–H and O–H groups in total. The Morgan fingerprint density at radius 2 is 2.16 bits per heavy atom. The van der Waals surface area contributed by atoms with E-state index >= 15 is 0 Å². The van der Waals surface area contributed by atoms with Crippen LogP contribution in [0.25, 0.3) is 0 Å². The van der Waals surface area contributed by atoms with Gasteiger partial charge in [-0.25, -0.2) is 9.59 Å². The maximum absolute atomic E-state index is 11.9. The van der Waals surface area contributed by atoms with Crippen molar-refractivity contribution in [2.24, 2.45) is 0 Å². The molecular weight excluding hydrogens is 244 g/mol. The second kappa shape index (κ2) is 5.73. The predicted molar refractivity (Wildman–Crippen MR) is 71.2 cm³/mol. The number of aromatic carboxylic acids is 1. The Labute approximate surface area is 112 Å². The Kier molecular flexibility index (Phi) is 4.04. The fourth-order valence-electron chi connectivity index (χ4n) is 2.21. The van der Waals surface area contributed by atoms with Crippen molar-refractivity contribution in [1.29, 1.82) is 0 Å². The summed E-state index contributed by atoms with van der Waals surface area (Å²) in [5.41, 5.74) is 2.33. The number of fused-ring (bicyclic) bond motifs is 1. The molecule has 0 bridgehead atoms. The molecule has 0 spiro atoms. The van der Waals surface area contributed by atoms with Crippen molar-refractivity contribution >= 4 is 12.0 Å². The van der Waals surface area contributed by atoms with E-state index in [-0.39, 0.29) is 11.6 Å². The third kappa shape index (κ3) is 3.05. The van der Waals surface area contributed by atoms with Gasteiger partial charge in [-0.3, -0.25) is 0 Å². The van der Waals surface area contributed by atoms with Gasteiger partial charge < -0.3 is 15.3 Å². The fourth-order valence-corrected chi connectivity index (χ4v) is 2.21. The van der Waals surface area contributed by atoms with Crippen molar-refractivity contribution in [2.45, 2.75) is 26.3 Å². The van der Waals surface area contributed by atoms with Gasteiger partial charge in [0, 0.05) is 19.6 Å². The number of benzene rings is 1. The summed E-state index contributed by atoms with van der Waals surface area (Å²) in [6.45, 7) is 3.82. The zero-order valence-corrected chi connectivity index (χ0v) is 11.0. The summed E-state index contributed by atoms with van der Waals surface area (Å²) in [6, 6.07) is 5.05. The van der Waals surface area contributed by atoms with Crippen molar-refractivity contribution in [3.8, 4) is 0 Å². The molecule has 1 heterocycles. The molecule has 0 saturated heterocycles. The lowest BCUT2D eigenvalue weighted by molar-refractivity contribution is 0.0696. The first-order chi connectivity index (χ1) is 9.11. The van der Waals surface area contributed by atoms with Gasteiger partial charge in [0.05, 0.1) is 5.56 Å². The van der Waals surface area contributed by atoms with Gasteiger partial charge >= 0.3 is 12.0 Å². The van der Waals surface area contributed by atoms with Crippen molar-refractivity contribution in [3.05, 3.63) is 34.9 Å². The van der Waals surface area contributed by atoms with Gasteiger partial charge in [0.2, 0.25) is 0 Å².